The highest BCUT2D eigenvalue weighted by Crippen LogP contribution is 2.09. The molecule has 1 aromatic carbocycles. The predicted molar refractivity (Wildman–Crippen MR) is 86.4 cm³/mol. The fraction of sp³-hybridized carbons (Fsp3) is 0.312. The standard InChI is InChI=1S/C16H18ClN3O3/c1-10(2)14(16(22)23)20-15(21)12(7-18)9-19-8-11-3-5-13(17)6-4-11/h3-6,9-10,14,19H,8H2,1-2H3,(H,20,21)(H,22,23)/b12-9-. The Kier molecular flexibility index (Phi) is 7.10. The Hall–Kier alpha value is -2.52. The van der Waals surface area contributed by atoms with Crippen LogP contribution in [0.4, 0.5) is 0 Å². The first-order chi connectivity index (χ1) is 10.8. The van der Waals surface area contributed by atoms with Crippen LogP contribution in [0, 0.1) is 17.2 Å². The fourth-order valence-corrected chi connectivity index (χ4v) is 1.88. The second kappa shape index (κ2) is 8.81. The first kappa shape index (κ1) is 18.5. The van der Waals surface area contributed by atoms with Gasteiger partial charge < -0.3 is 15.7 Å². The number of carboxylic acids is 1. The highest BCUT2D eigenvalue weighted by molar-refractivity contribution is 6.30. The molecule has 7 heteroatoms. The van der Waals surface area contributed by atoms with Crippen LogP contribution in [0.25, 0.3) is 0 Å². The maximum atomic E-state index is 12.0. The van der Waals surface area contributed by atoms with Crippen molar-refractivity contribution in [2.24, 2.45) is 5.92 Å². The molecule has 0 aromatic heterocycles. The van der Waals surface area contributed by atoms with Crippen LogP contribution in [0.3, 0.4) is 0 Å². The van der Waals surface area contributed by atoms with E-state index in [4.69, 9.17) is 22.0 Å². The third-order valence-electron chi connectivity index (χ3n) is 3.05. The lowest BCUT2D eigenvalue weighted by Gasteiger charge is -2.17. The first-order valence-corrected chi connectivity index (χ1v) is 7.34. The van der Waals surface area contributed by atoms with Crippen molar-refractivity contribution < 1.29 is 14.7 Å². The summed E-state index contributed by atoms with van der Waals surface area (Å²) in [7, 11) is 0. The number of benzene rings is 1. The number of rotatable bonds is 7. The van der Waals surface area contributed by atoms with Crippen molar-refractivity contribution >= 4 is 23.5 Å². The minimum atomic E-state index is -1.14. The summed E-state index contributed by atoms with van der Waals surface area (Å²) in [6, 6.07) is 7.81. The van der Waals surface area contributed by atoms with Gasteiger partial charge in [0, 0.05) is 17.8 Å². The molecule has 0 fully saturated rings. The van der Waals surface area contributed by atoms with E-state index in [0.29, 0.717) is 11.6 Å². The largest absolute Gasteiger partial charge is 0.480 e. The molecule has 0 aliphatic rings. The number of carbonyl (C=O) groups excluding carboxylic acids is 1. The number of halogens is 1. The molecule has 0 radical (unpaired) electrons. The topological polar surface area (TPSA) is 102 Å². The maximum Gasteiger partial charge on any atom is 0.326 e. The van der Waals surface area contributed by atoms with Crippen molar-refractivity contribution in [2.45, 2.75) is 26.4 Å². The number of hydrogen-bond donors (Lipinski definition) is 3. The number of carbonyl (C=O) groups is 2. The Morgan fingerprint density at radius 2 is 1.96 bits per heavy atom. The molecule has 1 amide bonds. The van der Waals surface area contributed by atoms with Crippen LogP contribution in [0.5, 0.6) is 0 Å². The molecule has 1 rings (SSSR count). The molecule has 0 saturated heterocycles. The Labute approximate surface area is 139 Å². The summed E-state index contributed by atoms with van der Waals surface area (Å²) >= 11 is 5.78. The molecule has 1 atom stereocenters. The van der Waals surface area contributed by atoms with Crippen molar-refractivity contribution in [1.29, 1.82) is 5.26 Å². The van der Waals surface area contributed by atoms with Gasteiger partial charge in [0.25, 0.3) is 5.91 Å². The van der Waals surface area contributed by atoms with Gasteiger partial charge in [-0.15, -0.1) is 0 Å². The van der Waals surface area contributed by atoms with Gasteiger partial charge in [-0.25, -0.2) is 4.79 Å². The van der Waals surface area contributed by atoms with Gasteiger partial charge >= 0.3 is 5.97 Å². The molecule has 1 unspecified atom stereocenters. The van der Waals surface area contributed by atoms with Gasteiger partial charge in [-0.3, -0.25) is 4.79 Å². The lowest BCUT2D eigenvalue weighted by molar-refractivity contribution is -0.142. The Morgan fingerprint density at radius 1 is 1.35 bits per heavy atom. The molecule has 1 aromatic rings. The molecule has 6 nitrogen and oxygen atoms in total. The number of hydrogen-bond acceptors (Lipinski definition) is 4. The zero-order chi connectivity index (χ0) is 17.4. The normalized spacial score (nSPS) is 12.4. The predicted octanol–water partition coefficient (Wildman–Crippen LogP) is 2.06. The van der Waals surface area contributed by atoms with Crippen LogP contribution in [-0.4, -0.2) is 23.0 Å². The number of nitrogens with one attached hydrogen (secondary N) is 2. The van der Waals surface area contributed by atoms with Crippen molar-refractivity contribution in [2.75, 3.05) is 0 Å². The monoisotopic (exact) mass is 335 g/mol. The van der Waals surface area contributed by atoms with Gasteiger partial charge in [0.1, 0.15) is 17.7 Å². The molecule has 0 aliphatic heterocycles. The average molecular weight is 336 g/mol. The second-order valence-electron chi connectivity index (χ2n) is 5.21. The van der Waals surface area contributed by atoms with Gasteiger partial charge in [0.15, 0.2) is 0 Å². The number of amides is 1. The first-order valence-electron chi connectivity index (χ1n) is 6.97. The van der Waals surface area contributed by atoms with Gasteiger partial charge in [-0.2, -0.15) is 5.26 Å². The molecule has 3 N–H and O–H groups in total. The van der Waals surface area contributed by atoms with E-state index in [-0.39, 0.29) is 11.5 Å². The van der Waals surface area contributed by atoms with E-state index >= 15 is 0 Å². The Morgan fingerprint density at radius 3 is 2.43 bits per heavy atom. The van der Waals surface area contributed by atoms with E-state index in [0.717, 1.165) is 5.56 Å². The van der Waals surface area contributed by atoms with Gasteiger partial charge in [0.05, 0.1) is 0 Å². The summed E-state index contributed by atoms with van der Waals surface area (Å²) in [6.45, 7) is 3.75. The third-order valence-corrected chi connectivity index (χ3v) is 3.30. The average Bonchev–Trinajstić information content (AvgIpc) is 2.50. The quantitative estimate of drug-likeness (QED) is 0.523. The molecule has 0 aliphatic carbocycles. The molecule has 122 valence electrons. The van der Waals surface area contributed by atoms with Crippen LogP contribution in [0.1, 0.15) is 19.4 Å². The van der Waals surface area contributed by atoms with Crippen molar-refractivity contribution in [3.05, 3.63) is 46.6 Å². The zero-order valence-electron chi connectivity index (χ0n) is 12.8. The summed E-state index contributed by atoms with van der Waals surface area (Å²) in [6.07, 6.45) is 1.27. The van der Waals surface area contributed by atoms with Crippen LogP contribution < -0.4 is 10.6 Å². The number of aliphatic carboxylic acids is 1. The number of nitrogens with zero attached hydrogens (tertiary/aromatic N) is 1. The molecule has 0 heterocycles. The van der Waals surface area contributed by atoms with Crippen LogP contribution in [-0.2, 0) is 16.1 Å². The van der Waals surface area contributed by atoms with Crippen LogP contribution in [0.2, 0.25) is 5.02 Å². The van der Waals surface area contributed by atoms with Gasteiger partial charge in [-0.1, -0.05) is 37.6 Å². The minimum absolute atomic E-state index is 0.189. The highest BCUT2D eigenvalue weighted by Gasteiger charge is 2.24. The second-order valence-corrected chi connectivity index (χ2v) is 5.65. The summed E-state index contributed by atoms with van der Waals surface area (Å²) in [4.78, 5) is 23.0. The summed E-state index contributed by atoms with van der Waals surface area (Å²) in [5.41, 5.74) is 0.736. The van der Waals surface area contributed by atoms with Crippen molar-refractivity contribution in [1.82, 2.24) is 10.6 Å². The summed E-state index contributed by atoms with van der Waals surface area (Å²) in [5.74, 6) is -2.16. The van der Waals surface area contributed by atoms with Crippen LogP contribution >= 0.6 is 11.6 Å². The Balaban J connectivity index is 2.67. The lowest BCUT2D eigenvalue weighted by Crippen LogP contribution is -2.44. The molecule has 0 saturated carbocycles. The van der Waals surface area contributed by atoms with Gasteiger partial charge in [0.2, 0.25) is 0 Å². The molecule has 23 heavy (non-hydrogen) atoms. The van der Waals surface area contributed by atoms with Crippen molar-refractivity contribution in [3.63, 3.8) is 0 Å². The lowest BCUT2D eigenvalue weighted by atomic mass is 10.0. The molecular weight excluding hydrogens is 318 g/mol. The highest BCUT2D eigenvalue weighted by atomic mass is 35.5. The SMILES string of the molecule is CC(C)C(NC(=O)/C(C#N)=C\NCc1ccc(Cl)cc1)C(=O)O. The van der Waals surface area contributed by atoms with Crippen LogP contribution in [0.15, 0.2) is 36.0 Å². The van der Waals surface area contributed by atoms with Gasteiger partial charge in [-0.05, 0) is 23.6 Å². The van der Waals surface area contributed by atoms with E-state index in [9.17, 15) is 9.59 Å². The maximum absolute atomic E-state index is 12.0. The van der Waals surface area contributed by atoms with E-state index in [2.05, 4.69) is 10.6 Å². The van der Waals surface area contributed by atoms with E-state index in [1.165, 1.54) is 6.20 Å². The summed E-state index contributed by atoms with van der Waals surface area (Å²) < 4.78 is 0. The molecule has 0 bridgehead atoms. The fourth-order valence-electron chi connectivity index (χ4n) is 1.75. The number of nitriles is 1. The zero-order valence-corrected chi connectivity index (χ0v) is 13.6. The van der Waals surface area contributed by atoms with E-state index in [1.807, 2.05) is 12.1 Å². The van der Waals surface area contributed by atoms with E-state index in [1.54, 1.807) is 32.0 Å². The smallest absolute Gasteiger partial charge is 0.326 e. The van der Waals surface area contributed by atoms with E-state index < -0.39 is 17.9 Å². The summed E-state index contributed by atoms with van der Waals surface area (Å²) in [5, 5.41) is 23.9. The Bertz CT molecular complexity index is 633. The molecular formula is C16H18ClN3O3. The minimum Gasteiger partial charge on any atom is -0.480 e. The molecule has 0 spiro atoms. The third kappa shape index (κ3) is 6.01. The van der Waals surface area contributed by atoms with Crippen molar-refractivity contribution in [3.8, 4) is 6.07 Å². The number of carboxylic acid groups (broad SMARTS) is 1.